The molecular weight excluding hydrogens is 281 g/mol. The van der Waals surface area contributed by atoms with E-state index in [0.717, 1.165) is 0 Å². The van der Waals surface area contributed by atoms with E-state index in [9.17, 15) is 23.6 Å². The molecule has 0 aromatic heterocycles. The van der Waals surface area contributed by atoms with Gasteiger partial charge in [0.2, 0.25) is 10.0 Å². The fourth-order valence-corrected chi connectivity index (χ4v) is 2.71. The van der Waals surface area contributed by atoms with E-state index >= 15 is 0 Å². The minimum Gasteiger partial charge on any atom is -0.423 e. The molecule has 0 aliphatic carbocycles. The van der Waals surface area contributed by atoms with E-state index in [0.29, 0.717) is 5.56 Å². The molecule has 1 aromatic carbocycles. The average Bonchev–Trinajstić information content (AvgIpc) is 2.26. The van der Waals surface area contributed by atoms with Gasteiger partial charge in [0.15, 0.2) is 0 Å². The third kappa shape index (κ3) is 4.88. The van der Waals surface area contributed by atoms with Gasteiger partial charge in [0.1, 0.15) is 0 Å². The maximum Gasteiger partial charge on any atom is 0.488 e. The average molecular weight is 301 g/mol. The number of sulfonamides is 1. The molecule has 0 heterocycles. The van der Waals surface area contributed by atoms with Gasteiger partial charge in [0.25, 0.3) is 0 Å². The number of hydrogen-bond donors (Lipinski definition) is 4. The van der Waals surface area contributed by atoms with Gasteiger partial charge in [-0.3, -0.25) is 0 Å². The van der Waals surface area contributed by atoms with Crippen LogP contribution in [-0.4, -0.2) is 42.8 Å². The van der Waals surface area contributed by atoms with Gasteiger partial charge >= 0.3 is 7.12 Å². The molecule has 0 unspecified atom stereocenters. The lowest BCUT2D eigenvalue weighted by atomic mass is 9.77. The van der Waals surface area contributed by atoms with Gasteiger partial charge < -0.3 is 15.2 Å². The van der Waals surface area contributed by atoms with Gasteiger partial charge in [-0.2, -0.15) is 0 Å². The molecule has 4 N–H and O–H groups in total. The van der Waals surface area contributed by atoms with Crippen molar-refractivity contribution in [2.75, 3.05) is 6.54 Å². The molecule has 6 nitrogen and oxygen atoms in total. The van der Waals surface area contributed by atoms with Crippen molar-refractivity contribution in [3.8, 4) is 0 Å². The summed E-state index contributed by atoms with van der Waals surface area (Å²) in [7, 11) is -5.46. The largest absolute Gasteiger partial charge is 0.488 e. The van der Waals surface area contributed by atoms with Crippen molar-refractivity contribution < 1.29 is 23.6 Å². The van der Waals surface area contributed by atoms with Crippen molar-refractivity contribution in [3.05, 3.63) is 23.8 Å². The van der Waals surface area contributed by atoms with Gasteiger partial charge in [-0.15, -0.1) is 0 Å². The summed E-state index contributed by atoms with van der Waals surface area (Å²) in [4.78, 5) is -0.0399. The van der Waals surface area contributed by atoms with Crippen molar-refractivity contribution in [3.63, 3.8) is 0 Å². The van der Waals surface area contributed by atoms with Crippen LogP contribution in [-0.2, 0) is 10.0 Å². The number of hydrogen-bond acceptors (Lipinski definition) is 5. The second-order valence-corrected chi connectivity index (χ2v) is 7.12. The highest BCUT2D eigenvalue weighted by atomic mass is 32.2. The van der Waals surface area contributed by atoms with Crippen LogP contribution in [0.1, 0.15) is 25.8 Å². The topological polar surface area (TPSA) is 107 Å². The van der Waals surface area contributed by atoms with Crippen molar-refractivity contribution in [1.82, 2.24) is 4.72 Å². The first-order valence-electron chi connectivity index (χ1n) is 6.22. The molecule has 1 rings (SSSR count). The van der Waals surface area contributed by atoms with Gasteiger partial charge in [0.05, 0.1) is 10.5 Å². The summed E-state index contributed by atoms with van der Waals surface area (Å²) >= 11 is 0. The highest BCUT2D eigenvalue weighted by molar-refractivity contribution is 7.89. The summed E-state index contributed by atoms with van der Waals surface area (Å²) in [5.74, 6) is 0. The van der Waals surface area contributed by atoms with Gasteiger partial charge in [0, 0.05) is 6.54 Å². The summed E-state index contributed by atoms with van der Waals surface area (Å²) in [6.07, 6.45) is 0.271. The summed E-state index contributed by atoms with van der Waals surface area (Å²) in [5, 5.41) is 27.9. The predicted molar refractivity (Wildman–Crippen MR) is 77.1 cm³/mol. The van der Waals surface area contributed by atoms with E-state index in [-0.39, 0.29) is 23.3 Å². The fourth-order valence-electron chi connectivity index (χ4n) is 1.64. The van der Waals surface area contributed by atoms with E-state index in [1.54, 1.807) is 20.8 Å². The quantitative estimate of drug-likeness (QED) is 0.510. The normalized spacial score (nSPS) is 12.5. The van der Waals surface area contributed by atoms with Crippen LogP contribution in [0.15, 0.2) is 23.1 Å². The minimum atomic E-state index is -3.74. The molecule has 0 spiro atoms. The number of benzene rings is 1. The van der Waals surface area contributed by atoms with Gasteiger partial charge in [-0.25, -0.2) is 13.1 Å². The summed E-state index contributed by atoms with van der Waals surface area (Å²) in [5.41, 5.74) is -0.215. The maximum atomic E-state index is 12.0. The van der Waals surface area contributed by atoms with Crippen molar-refractivity contribution in [2.24, 2.45) is 0 Å². The molecule has 0 fully saturated rings. The SMILES string of the molecule is Cc1ccc(S(=O)(=O)NCCC(C)(C)O)cc1B(O)O. The first kappa shape index (κ1) is 17.1. The molecule has 0 aliphatic rings. The van der Waals surface area contributed by atoms with E-state index < -0.39 is 22.7 Å². The van der Waals surface area contributed by atoms with Crippen LogP contribution in [0.5, 0.6) is 0 Å². The van der Waals surface area contributed by atoms with Crippen LogP contribution in [0.25, 0.3) is 0 Å². The Kier molecular flexibility index (Phi) is 5.34. The first-order chi connectivity index (χ1) is 9.03. The monoisotopic (exact) mass is 301 g/mol. The standard InChI is InChI=1S/C12H20BNO5S/c1-9-4-5-10(8-11(9)13(16)17)20(18,19)14-7-6-12(2,3)15/h4-5,8,14-17H,6-7H2,1-3H3. The van der Waals surface area contributed by atoms with E-state index in [1.165, 1.54) is 18.2 Å². The Hall–Kier alpha value is -0.925. The zero-order chi connectivity index (χ0) is 15.6. The van der Waals surface area contributed by atoms with Gasteiger partial charge in [-0.1, -0.05) is 11.6 Å². The highest BCUT2D eigenvalue weighted by Gasteiger charge is 2.21. The summed E-state index contributed by atoms with van der Waals surface area (Å²) < 4.78 is 26.5. The molecule has 0 atom stereocenters. The first-order valence-corrected chi connectivity index (χ1v) is 7.70. The van der Waals surface area contributed by atoms with Crippen LogP contribution < -0.4 is 10.2 Å². The van der Waals surface area contributed by atoms with Crippen molar-refractivity contribution in [2.45, 2.75) is 37.7 Å². The third-order valence-electron chi connectivity index (χ3n) is 2.87. The minimum absolute atomic E-state index is 0.0399. The molecular formula is C12H20BNO5S. The molecule has 112 valence electrons. The Balaban J connectivity index is 2.90. The van der Waals surface area contributed by atoms with Crippen LogP contribution in [0.3, 0.4) is 0 Å². The van der Waals surface area contributed by atoms with Crippen molar-refractivity contribution >= 4 is 22.6 Å². The molecule has 0 bridgehead atoms. The maximum absolute atomic E-state index is 12.0. The number of aryl methyl sites for hydroxylation is 1. The summed E-state index contributed by atoms with van der Waals surface area (Å²) in [6.45, 7) is 4.93. The number of aliphatic hydroxyl groups is 1. The zero-order valence-corrected chi connectivity index (χ0v) is 12.6. The number of nitrogens with one attached hydrogen (secondary N) is 1. The third-order valence-corrected chi connectivity index (χ3v) is 4.33. The Morgan fingerprint density at radius 2 is 1.90 bits per heavy atom. The van der Waals surface area contributed by atoms with Crippen LogP contribution in [0.4, 0.5) is 0 Å². The predicted octanol–water partition coefficient (Wildman–Crippen LogP) is -0.886. The van der Waals surface area contributed by atoms with E-state index in [1.807, 2.05) is 0 Å². The second kappa shape index (κ2) is 6.23. The lowest BCUT2D eigenvalue weighted by Crippen LogP contribution is -2.34. The van der Waals surface area contributed by atoms with Crippen LogP contribution in [0, 0.1) is 6.92 Å². The smallest absolute Gasteiger partial charge is 0.423 e. The molecule has 0 saturated carbocycles. The molecule has 0 aliphatic heterocycles. The Morgan fingerprint density at radius 1 is 1.30 bits per heavy atom. The van der Waals surface area contributed by atoms with Crippen molar-refractivity contribution in [1.29, 1.82) is 0 Å². The molecule has 0 radical (unpaired) electrons. The fraction of sp³-hybridized carbons (Fsp3) is 0.500. The Labute approximate surface area is 119 Å². The molecule has 1 aromatic rings. The molecule has 0 saturated heterocycles. The molecule has 0 amide bonds. The number of rotatable bonds is 6. The second-order valence-electron chi connectivity index (χ2n) is 5.35. The Morgan fingerprint density at radius 3 is 2.40 bits per heavy atom. The summed E-state index contributed by atoms with van der Waals surface area (Å²) in [6, 6.07) is 4.14. The molecule has 8 heteroatoms. The van der Waals surface area contributed by atoms with E-state index in [2.05, 4.69) is 4.72 Å². The Bertz CT molecular complexity index is 566. The lowest BCUT2D eigenvalue weighted by Gasteiger charge is -2.17. The van der Waals surface area contributed by atoms with E-state index in [4.69, 9.17) is 0 Å². The highest BCUT2D eigenvalue weighted by Crippen LogP contribution is 2.11. The van der Waals surface area contributed by atoms with Crippen LogP contribution >= 0.6 is 0 Å². The van der Waals surface area contributed by atoms with Crippen LogP contribution in [0.2, 0.25) is 0 Å². The zero-order valence-electron chi connectivity index (χ0n) is 11.8. The molecule has 20 heavy (non-hydrogen) atoms. The lowest BCUT2D eigenvalue weighted by molar-refractivity contribution is 0.0728. The van der Waals surface area contributed by atoms with Gasteiger partial charge in [-0.05, 0) is 44.8 Å².